The second-order valence-corrected chi connectivity index (χ2v) is 6.54. The Balaban J connectivity index is 1.60. The minimum absolute atomic E-state index is 0.0942. The van der Waals surface area contributed by atoms with Crippen molar-refractivity contribution in [2.24, 2.45) is 0 Å². The minimum Gasteiger partial charge on any atom is -0.258 e. The predicted molar refractivity (Wildman–Crippen MR) is 98.9 cm³/mol. The quantitative estimate of drug-likeness (QED) is 0.303. The van der Waals surface area contributed by atoms with Crippen LogP contribution in [0.4, 0.5) is 5.69 Å². The number of non-ortho nitro benzene ring substituents is 1. The topological polar surface area (TPSA) is 86.2 Å². The third-order valence-corrected chi connectivity index (χ3v) is 4.77. The normalized spacial score (nSPS) is 10.9. The number of thioether (sulfide) groups is 1. The average Bonchev–Trinajstić information content (AvgIpc) is 3.10. The molecule has 7 nitrogen and oxygen atoms in total. The number of aromatic nitrogens is 4. The average molecular weight is 363 g/mol. The zero-order valence-electron chi connectivity index (χ0n) is 13.5. The number of nitrogens with zero attached hydrogens (tertiary/aromatic N) is 5. The number of nitro groups is 1. The highest BCUT2D eigenvalue weighted by Gasteiger charge is 2.11. The van der Waals surface area contributed by atoms with E-state index in [2.05, 4.69) is 15.3 Å². The molecule has 0 unspecified atom stereocenters. The number of hydrogen-bond donors (Lipinski definition) is 0. The third-order valence-electron chi connectivity index (χ3n) is 3.78. The summed E-state index contributed by atoms with van der Waals surface area (Å²) in [4.78, 5) is 10.5. The summed E-state index contributed by atoms with van der Waals surface area (Å²) in [6, 6.07) is 20.1. The van der Waals surface area contributed by atoms with Gasteiger partial charge in [-0.1, -0.05) is 54.2 Å². The van der Waals surface area contributed by atoms with Gasteiger partial charge in [-0.25, -0.2) is 0 Å². The first kappa shape index (κ1) is 16.2. The Morgan fingerprint density at radius 2 is 1.85 bits per heavy atom. The molecule has 0 atom stereocenters. The van der Waals surface area contributed by atoms with Crippen LogP contribution >= 0.6 is 11.8 Å². The summed E-state index contributed by atoms with van der Waals surface area (Å²) in [5, 5.41) is 24.7. The number of benzene rings is 2. The highest BCUT2D eigenvalue weighted by atomic mass is 32.2. The van der Waals surface area contributed by atoms with Gasteiger partial charge in [-0.05, 0) is 17.7 Å². The molecule has 0 spiro atoms. The van der Waals surface area contributed by atoms with E-state index in [9.17, 15) is 10.1 Å². The van der Waals surface area contributed by atoms with Gasteiger partial charge in [-0.2, -0.15) is 9.61 Å². The van der Waals surface area contributed by atoms with Crippen molar-refractivity contribution in [1.82, 2.24) is 19.8 Å². The second-order valence-electron chi connectivity index (χ2n) is 5.55. The Hall–Kier alpha value is -3.26. The second kappa shape index (κ2) is 6.93. The number of nitro benzene ring substituents is 1. The molecule has 4 rings (SSSR count). The van der Waals surface area contributed by atoms with E-state index in [-0.39, 0.29) is 10.6 Å². The lowest BCUT2D eigenvalue weighted by Gasteiger charge is -2.03. The van der Waals surface area contributed by atoms with E-state index in [0.717, 1.165) is 16.2 Å². The molecule has 0 aliphatic carbocycles. The molecule has 0 bridgehead atoms. The van der Waals surface area contributed by atoms with E-state index < -0.39 is 0 Å². The Kier molecular flexibility index (Phi) is 4.32. The van der Waals surface area contributed by atoms with Crippen molar-refractivity contribution in [2.75, 3.05) is 0 Å². The summed E-state index contributed by atoms with van der Waals surface area (Å²) in [7, 11) is 0. The molecule has 26 heavy (non-hydrogen) atoms. The highest BCUT2D eigenvalue weighted by Crippen LogP contribution is 2.24. The summed E-state index contributed by atoms with van der Waals surface area (Å²) in [6.45, 7) is 0. The molecule has 0 aliphatic heterocycles. The monoisotopic (exact) mass is 363 g/mol. The van der Waals surface area contributed by atoms with Crippen molar-refractivity contribution in [3.8, 4) is 11.4 Å². The summed E-state index contributed by atoms with van der Waals surface area (Å²) >= 11 is 1.51. The molecule has 0 saturated carbocycles. The van der Waals surface area contributed by atoms with Gasteiger partial charge in [0.15, 0.2) is 11.5 Å². The molecule has 0 radical (unpaired) electrons. The Bertz CT molecular complexity index is 1080. The van der Waals surface area contributed by atoms with E-state index in [1.165, 1.54) is 17.8 Å². The van der Waals surface area contributed by atoms with Gasteiger partial charge in [0.1, 0.15) is 5.03 Å². The van der Waals surface area contributed by atoms with Crippen LogP contribution in [0.5, 0.6) is 0 Å². The first-order valence-corrected chi connectivity index (χ1v) is 8.83. The van der Waals surface area contributed by atoms with Gasteiger partial charge in [0.25, 0.3) is 5.69 Å². The van der Waals surface area contributed by atoms with Crippen LogP contribution in [0.1, 0.15) is 5.56 Å². The summed E-state index contributed by atoms with van der Waals surface area (Å²) in [5.41, 5.74) is 2.58. The van der Waals surface area contributed by atoms with Gasteiger partial charge < -0.3 is 0 Å². The fourth-order valence-electron chi connectivity index (χ4n) is 2.53. The maximum absolute atomic E-state index is 10.9. The lowest BCUT2D eigenvalue weighted by molar-refractivity contribution is -0.384. The smallest absolute Gasteiger partial charge is 0.258 e. The number of hydrogen-bond acceptors (Lipinski definition) is 6. The molecular formula is C18H13N5O2S. The van der Waals surface area contributed by atoms with Gasteiger partial charge in [0.05, 0.1) is 4.92 Å². The van der Waals surface area contributed by atoms with Crippen LogP contribution in [0.2, 0.25) is 0 Å². The van der Waals surface area contributed by atoms with Crippen LogP contribution in [-0.4, -0.2) is 24.7 Å². The van der Waals surface area contributed by atoms with Gasteiger partial charge in [-0.3, -0.25) is 10.1 Å². The van der Waals surface area contributed by atoms with Crippen LogP contribution in [0, 0.1) is 10.1 Å². The Labute approximate surface area is 152 Å². The first-order valence-electron chi connectivity index (χ1n) is 7.85. The zero-order chi connectivity index (χ0) is 17.9. The highest BCUT2D eigenvalue weighted by molar-refractivity contribution is 7.98. The summed E-state index contributed by atoms with van der Waals surface area (Å²) in [6.07, 6.45) is 0. The molecule has 0 saturated heterocycles. The summed E-state index contributed by atoms with van der Waals surface area (Å²) < 4.78 is 1.71. The van der Waals surface area contributed by atoms with Crippen LogP contribution in [0.25, 0.3) is 17.0 Å². The van der Waals surface area contributed by atoms with Crippen LogP contribution in [0.3, 0.4) is 0 Å². The summed E-state index contributed by atoms with van der Waals surface area (Å²) in [5.74, 6) is 1.27. The maximum atomic E-state index is 10.9. The van der Waals surface area contributed by atoms with Crippen LogP contribution < -0.4 is 0 Å². The molecule has 2 heterocycles. The fourth-order valence-corrected chi connectivity index (χ4v) is 3.33. The predicted octanol–water partition coefficient (Wildman–Crippen LogP) is 3.99. The van der Waals surface area contributed by atoms with E-state index in [4.69, 9.17) is 0 Å². The molecule has 0 N–H and O–H groups in total. The molecular weight excluding hydrogens is 350 g/mol. The molecule has 2 aromatic heterocycles. The van der Waals surface area contributed by atoms with Crippen LogP contribution in [-0.2, 0) is 5.75 Å². The SMILES string of the molecule is O=[N+]([O-])c1cccc(CSc2ccc3nnc(-c4ccccc4)n3n2)c1. The van der Waals surface area contributed by atoms with Crippen molar-refractivity contribution < 1.29 is 4.92 Å². The standard InChI is InChI=1S/C18H13N5O2S/c24-23(25)15-8-4-5-13(11-15)12-26-17-10-9-16-19-20-18(22(16)21-17)14-6-2-1-3-7-14/h1-11H,12H2. The maximum Gasteiger partial charge on any atom is 0.269 e. The van der Waals surface area contributed by atoms with Crippen molar-refractivity contribution in [3.05, 3.63) is 82.4 Å². The molecule has 0 aliphatic rings. The molecule has 0 amide bonds. The fraction of sp³-hybridized carbons (Fsp3) is 0.0556. The van der Waals surface area contributed by atoms with E-state index in [1.54, 1.807) is 16.6 Å². The Morgan fingerprint density at radius 3 is 2.65 bits per heavy atom. The van der Waals surface area contributed by atoms with Crippen molar-refractivity contribution in [3.63, 3.8) is 0 Å². The van der Waals surface area contributed by atoms with Crippen molar-refractivity contribution >= 4 is 23.1 Å². The molecule has 4 aromatic rings. The van der Waals surface area contributed by atoms with Crippen LogP contribution in [0.15, 0.2) is 71.8 Å². The number of fused-ring (bicyclic) bond motifs is 1. The minimum atomic E-state index is -0.387. The van der Waals surface area contributed by atoms with Crippen molar-refractivity contribution in [1.29, 1.82) is 0 Å². The Morgan fingerprint density at radius 1 is 1.00 bits per heavy atom. The lowest BCUT2D eigenvalue weighted by atomic mass is 10.2. The third kappa shape index (κ3) is 3.27. The molecule has 2 aromatic carbocycles. The number of rotatable bonds is 5. The first-order chi connectivity index (χ1) is 12.7. The van der Waals surface area contributed by atoms with Crippen molar-refractivity contribution in [2.45, 2.75) is 10.8 Å². The van der Waals surface area contributed by atoms with E-state index >= 15 is 0 Å². The molecule has 128 valence electrons. The molecule has 0 fully saturated rings. The van der Waals surface area contributed by atoms with Gasteiger partial charge in [-0.15, -0.1) is 10.2 Å². The van der Waals surface area contributed by atoms with Gasteiger partial charge >= 0.3 is 0 Å². The van der Waals surface area contributed by atoms with E-state index in [1.807, 2.05) is 48.5 Å². The van der Waals surface area contributed by atoms with E-state index in [0.29, 0.717) is 17.2 Å². The lowest BCUT2D eigenvalue weighted by Crippen LogP contribution is -1.96. The largest absolute Gasteiger partial charge is 0.269 e. The van der Waals surface area contributed by atoms with Gasteiger partial charge in [0, 0.05) is 23.4 Å². The molecule has 8 heteroatoms. The zero-order valence-corrected chi connectivity index (χ0v) is 14.3. The van der Waals surface area contributed by atoms with Gasteiger partial charge in [0.2, 0.25) is 0 Å².